The fraction of sp³-hybridized carbons (Fsp3) is 0.333. The first-order valence-electron chi connectivity index (χ1n) is 9.93. The third-order valence-corrected chi connectivity index (χ3v) is 6.89. The third-order valence-electron chi connectivity index (χ3n) is 5.78. The Morgan fingerprint density at radius 3 is 2.00 bits per heavy atom. The highest BCUT2D eigenvalue weighted by Gasteiger charge is 2.71. The van der Waals surface area contributed by atoms with Gasteiger partial charge in [0.15, 0.2) is 9.84 Å². The molecule has 3 rings (SSSR count). The van der Waals surface area contributed by atoms with Crippen LogP contribution >= 0.6 is 0 Å². The summed E-state index contributed by atoms with van der Waals surface area (Å²) in [4.78, 5) is 26.2. The number of carbonyl (C=O) groups is 2. The van der Waals surface area contributed by atoms with Gasteiger partial charge in [-0.05, 0) is 35.4 Å². The van der Waals surface area contributed by atoms with Crippen LogP contribution in [-0.4, -0.2) is 56.7 Å². The minimum absolute atomic E-state index is 0.0720. The van der Waals surface area contributed by atoms with E-state index >= 15 is 0 Å². The van der Waals surface area contributed by atoms with E-state index in [1.807, 2.05) is 0 Å². The van der Waals surface area contributed by atoms with Crippen LogP contribution in [0, 0.1) is 0 Å². The number of amides is 2. The Balaban J connectivity index is 1.98. The molecule has 1 aliphatic heterocycles. The summed E-state index contributed by atoms with van der Waals surface area (Å²) in [6.07, 6.45) is -11.2. The first kappa shape index (κ1) is 27.5. The third kappa shape index (κ3) is 4.34. The lowest BCUT2D eigenvalue weighted by molar-refractivity contribution is -0.376. The van der Waals surface area contributed by atoms with Gasteiger partial charge >= 0.3 is 12.4 Å². The Hall–Kier alpha value is -3.07. The minimum atomic E-state index is -6.09. The lowest BCUT2D eigenvalue weighted by Crippen LogP contribution is -2.54. The van der Waals surface area contributed by atoms with E-state index in [2.05, 4.69) is 5.32 Å². The quantitative estimate of drug-likeness (QED) is 0.464. The molecule has 0 spiro atoms. The number of alkyl halides is 6. The molecular formula is C21H17BF6N2O5S. The molecule has 15 heteroatoms. The molecule has 0 bridgehead atoms. The molecule has 1 aliphatic rings. The zero-order chi connectivity index (χ0) is 27.5. The summed E-state index contributed by atoms with van der Waals surface area (Å²) in [6, 6.07) is 5.72. The van der Waals surface area contributed by atoms with Crippen molar-refractivity contribution in [3.05, 3.63) is 59.2 Å². The van der Waals surface area contributed by atoms with E-state index in [9.17, 15) is 49.5 Å². The number of fused-ring (bicyclic) bond motifs is 1. The number of halogens is 6. The molecule has 0 fully saturated rings. The normalized spacial score (nSPS) is 18.6. The summed E-state index contributed by atoms with van der Waals surface area (Å²) in [6.45, 7) is 0.864. The van der Waals surface area contributed by atoms with E-state index in [4.69, 9.17) is 7.85 Å². The van der Waals surface area contributed by atoms with Crippen LogP contribution in [0.2, 0.25) is 0 Å². The summed E-state index contributed by atoms with van der Waals surface area (Å²) >= 11 is 0. The summed E-state index contributed by atoms with van der Waals surface area (Å²) in [5, 5.41) is 11.7. The maximum absolute atomic E-state index is 13.1. The Kier molecular flexibility index (Phi) is 6.50. The van der Waals surface area contributed by atoms with E-state index in [0.717, 1.165) is 18.1 Å². The van der Waals surface area contributed by atoms with Gasteiger partial charge in [0.05, 0.1) is 4.90 Å². The Labute approximate surface area is 202 Å². The van der Waals surface area contributed by atoms with Gasteiger partial charge in [0.2, 0.25) is 11.8 Å². The second-order valence-corrected chi connectivity index (χ2v) is 10.2. The van der Waals surface area contributed by atoms with E-state index in [-0.39, 0.29) is 28.3 Å². The van der Waals surface area contributed by atoms with E-state index < -0.39 is 50.6 Å². The van der Waals surface area contributed by atoms with Crippen LogP contribution in [-0.2, 0) is 37.0 Å². The van der Waals surface area contributed by atoms with Gasteiger partial charge in [0, 0.05) is 31.0 Å². The van der Waals surface area contributed by atoms with Crippen LogP contribution in [0.3, 0.4) is 0 Å². The number of anilines is 1. The number of benzene rings is 2. The van der Waals surface area contributed by atoms with Crippen LogP contribution in [0.5, 0.6) is 0 Å². The molecule has 1 atom stereocenters. The van der Waals surface area contributed by atoms with E-state index in [0.29, 0.717) is 24.3 Å². The molecule has 36 heavy (non-hydrogen) atoms. The average Bonchev–Trinajstić information content (AvgIpc) is 3.05. The van der Waals surface area contributed by atoms with E-state index in [1.54, 1.807) is 0 Å². The molecule has 1 unspecified atom stereocenters. The SMILES string of the molecule is [B]C1(C(=O)Nc2ccc(C(O)(C(F)(F)F)C(F)(F)F)cc2)c2ccc(S(C)(=O)=O)cc2CN1C(C)=O. The van der Waals surface area contributed by atoms with Crippen molar-refractivity contribution in [3.8, 4) is 0 Å². The maximum Gasteiger partial charge on any atom is 0.430 e. The molecule has 2 amide bonds. The highest BCUT2D eigenvalue weighted by molar-refractivity contribution is 7.90. The van der Waals surface area contributed by atoms with Gasteiger partial charge in [-0.3, -0.25) is 9.59 Å². The Morgan fingerprint density at radius 2 is 1.56 bits per heavy atom. The molecule has 0 saturated carbocycles. The van der Waals surface area contributed by atoms with Gasteiger partial charge in [-0.25, -0.2) is 8.42 Å². The summed E-state index contributed by atoms with van der Waals surface area (Å²) < 4.78 is 102. The van der Waals surface area contributed by atoms with Gasteiger partial charge in [-0.15, -0.1) is 0 Å². The molecule has 0 saturated heterocycles. The van der Waals surface area contributed by atoms with Gasteiger partial charge in [0.1, 0.15) is 13.3 Å². The Bertz CT molecular complexity index is 1310. The second kappa shape index (κ2) is 8.51. The number of rotatable bonds is 4. The van der Waals surface area contributed by atoms with Crippen LogP contribution in [0.4, 0.5) is 32.0 Å². The van der Waals surface area contributed by atoms with Crippen LogP contribution in [0.1, 0.15) is 23.6 Å². The van der Waals surface area contributed by atoms with Crippen molar-refractivity contribution in [2.24, 2.45) is 0 Å². The van der Waals surface area contributed by atoms with E-state index in [1.165, 1.54) is 18.2 Å². The molecule has 2 radical (unpaired) electrons. The molecule has 7 nitrogen and oxygen atoms in total. The first-order chi connectivity index (χ1) is 16.2. The molecule has 0 aromatic heterocycles. The number of hydrogen-bond donors (Lipinski definition) is 2. The van der Waals surface area contributed by atoms with Crippen LogP contribution in [0.15, 0.2) is 47.4 Å². The van der Waals surface area contributed by atoms with Crippen molar-refractivity contribution in [1.82, 2.24) is 4.90 Å². The molecule has 2 N–H and O–H groups in total. The molecule has 2 aromatic rings. The standard InChI is InChI=1S/C21H17BF6N2O5S/c1-11(31)30-10-12-9-15(36(2,34)35)7-8-16(12)18(30,22)17(32)29-14-5-3-13(4-6-14)19(33,20(23,24)25)21(26,27)28/h3-9,33H,10H2,1-2H3,(H,29,32). The predicted octanol–water partition coefficient (Wildman–Crippen LogP) is 2.72. The van der Waals surface area contributed by atoms with Crippen LogP contribution < -0.4 is 5.32 Å². The van der Waals surface area contributed by atoms with Crippen molar-refractivity contribution >= 4 is 35.2 Å². The number of nitrogens with one attached hydrogen (secondary N) is 1. The van der Waals surface area contributed by atoms with Gasteiger partial charge in [-0.2, -0.15) is 26.3 Å². The van der Waals surface area contributed by atoms with Crippen molar-refractivity contribution in [1.29, 1.82) is 0 Å². The topological polar surface area (TPSA) is 104 Å². The molecule has 192 valence electrons. The summed E-state index contributed by atoms with van der Waals surface area (Å²) in [5.41, 5.74) is -8.82. The zero-order valence-electron chi connectivity index (χ0n) is 18.5. The lowest BCUT2D eigenvalue weighted by Gasteiger charge is -2.35. The van der Waals surface area contributed by atoms with Crippen molar-refractivity contribution in [2.45, 2.75) is 41.8 Å². The first-order valence-corrected chi connectivity index (χ1v) is 11.8. The average molecular weight is 534 g/mol. The number of nitrogens with zero attached hydrogens (tertiary/aromatic N) is 1. The van der Waals surface area contributed by atoms with Gasteiger partial charge in [-0.1, -0.05) is 18.2 Å². The second-order valence-electron chi connectivity index (χ2n) is 8.20. The summed E-state index contributed by atoms with van der Waals surface area (Å²) in [5.74, 6) is -1.74. The molecular weight excluding hydrogens is 517 g/mol. The smallest absolute Gasteiger partial charge is 0.369 e. The van der Waals surface area contributed by atoms with Crippen LogP contribution in [0.25, 0.3) is 0 Å². The number of aliphatic hydroxyl groups is 1. The van der Waals surface area contributed by atoms with Gasteiger partial charge in [0.25, 0.3) is 5.60 Å². The van der Waals surface area contributed by atoms with Crippen molar-refractivity contribution < 1.29 is 49.5 Å². The number of hydrogen-bond acceptors (Lipinski definition) is 5. The van der Waals surface area contributed by atoms with Crippen molar-refractivity contribution in [2.75, 3.05) is 11.6 Å². The molecule has 2 aromatic carbocycles. The number of sulfone groups is 1. The monoisotopic (exact) mass is 534 g/mol. The maximum atomic E-state index is 13.1. The lowest BCUT2D eigenvalue weighted by atomic mass is 9.71. The fourth-order valence-electron chi connectivity index (χ4n) is 3.86. The largest absolute Gasteiger partial charge is 0.430 e. The fourth-order valence-corrected chi connectivity index (χ4v) is 4.53. The van der Waals surface area contributed by atoms with Gasteiger partial charge < -0.3 is 15.3 Å². The molecule has 0 aliphatic carbocycles. The minimum Gasteiger partial charge on any atom is -0.369 e. The molecule has 1 heterocycles. The Morgan fingerprint density at radius 1 is 1.03 bits per heavy atom. The highest BCUT2D eigenvalue weighted by atomic mass is 32.2. The van der Waals surface area contributed by atoms with Crippen molar-refractivity contribution in [3.63, 3.8) is 0 Å². The zero-order valence-corrected chi connectivity index (χ0v) is 19.3. The summed E-state index contributed by atoms with van der Waals surface area (Å²) in [7, 11) is 2.65. The number of carbonyl (C=O) groups excluding carboxylic acids is 2. The predicted molar refractivity (Wildman–Crippen MR) is 114 cm³/mol. The highest BCUT2D eigenvalue weighted by Crippen LogP contribution is 2.50.